The fourth-order valence-electron chi connectivity index (χ4n) is 9.69. The lowest BCUT2D eigenvalue weighted by molar-refractivity contribution is 0.669. The molecule has 12 rings (SSSR count). The van der Waals surface area contributed by atoms with E-state index in [0.717, 1.165) is 61.3 Å². The molecule has 1 aromatic heterocycles. The maximum Gasteiger partial charge on any atom is 0.136 e. The highest BCUT2D eigenvalue weighted by Crippen LogP contribution is 2.46. The van der Waals surface area contributed by atoms with Crippen molar-refractivity contribution in [2.75, 3.05) is 4.90 Å². The van der Waals surface area contributed by atoms with Gasteiger partial charge in [0.2, 0.25) is 0 Å². The number of rotatable bonds is 8. The molecular formula is C62H41NO. The van der Waals surface area contributed by atoms with Crippen molar-refractivity contribution in [3.63, 3.8) is 0 Å². The molecule has 0 aliphatic rings. The second-order valence-corrected chi connectivity index (χ2v) is 16.4. The molecule has 0 unspecified atom stereocenters. The summed E-state index contributed by atoms with van der Waals surface area (Å²) in [7, 11) is 0. The van der Waals surface area contributed by atoms with Gasteiger partial charge < -0.3 is 9.32 Å². The van der Waals surface area contributed by atoms with E-state index in [1.54, 1.807) is 0 Å². The predicted molar refractivity (Wildman–Crippen MR) is 271 cm³/mol. The predicted octanol–water partition coefficient (Wildman–Crippen LogP) is 17.7. The van der Waals surface area contributed by atoms with Crippen molar-refractivity contribution in [1.82, 2.24) is 0 Å². The Morgan fingerprint density at radius 1 is 0.266 bits per heavy atom. The standard InChI is InChI=1S/C62H41NO/c1-3-21-50-44(15-1)17-12-27-51(50)46-35-33-42(34-36-46)43-37-39-48(40-38-43)63(59-30-9-7-25-56(59)57-29-14-32-61-62(57)58-26-8-10-31-60(58)64-61)49-20-11-19-47(41-49)53-23-5-6-24-54(53)55-28-13-18-45-16-2-4-22-52(45)55/h1-41H. The van der Waals surface area contributed by atoms with E-state index in [-0.39, 0.29) is 0 Å². The van der Waals surface area contributed by atoms with Crippen LogP contribution < -0.4 is 4.90 Å². The van der Waals surface area contributed by atoms with Gasteiger partial charge in [-0.05, 0) is 114 Å². The second-order valence-electron chi connectivity index (χ2n) is 16.4. The minimum Gasteiger partial charge on any atom is -0.456 e. The molecule has 64 heavy (non-hydrogen) atoms. The van der Waals surface area contributed by atoms with Gasteiger partial charge in [-0.1, -0.05) is 206 Å². The van der Waals surface area contributed by atoms with Gasteiger partial charge in [0, 0.05) is 27.7 Å². The summed E-state index contributed by atoms with van der Waals surface area (Å²) in [5.41, 5.74) is 16.8. The molecule has 0 aliphatic heterocycles. The van der Waals surface area contributed by atoms with Crippen LogP contribution >= 0.6 is 0 Å². The number of hydrogen-bond donors (Lipinski definition) is 0. The second kappa shape index (κ2) is 15.8. The molecule has 0 bridgehead atoms. The van der Waals surface area contributed by atoms with Gasteiger partial charge in [-0.2, -0.15) is 0 Å². The molecule has 0 N–H and O–H groups in total. The first kappa shape index (κ1) is 37.3. The van der Waals surface area contributed by atoms with E-state index in [9.17, 15) is 0 Å². The minimum atomic E-state index is 0.878. The van der Waals surface area contributed by atoms with E-state index >= 15 is 0 Å². The summed E-state index contributed by atoms with van der Waals surface area (Å²) in [6.45, 7) is 0. The van der Waals surface area contributed by atoms with Crippen LogP contribution in [0.25, 0.3) is 99.1 Å². The van der Waals surface area contributed by atoms with Crippen LogP contribution in [-0.4, -0.2) is 0 Å². The van der Waals surface area contributed by atoms with Gasteiger partial charge in [0.25, 0.3) is 0 Å². The molecule has 0 fully saturated rings. The first-order valence-electron chi connectivity index (χ1n) is 21.9. The molecule has 11 aromatic carbocycles. The third kappa shape index (κ3) is 6.52. The van der Waals surface area contributed by atoms with E-state index < -0.39 is 0 Å². The van der Waals surface area contributed by atoms with Gasteiger partial charge in [0.15, 0.2) is 0 Å². The van der Waals surface area contributed by atoms with Crippen LogP contribution in [0, 0.1) is 0 Å². The highest BCUT2D eigenvalue weighted by molar-refractivity contribution is 6.14. The van der Waals surface area contributed by atoms with E-state index in [1.165, 1.54) is 54.9 Å². The Morgan fingerprint density at radius 3 is 1.53 bits per heavy atom. The normalized spacial score (nSPS) is 11.4. The summed E-state index contributed by atoms with van der Waals surface area (Å²) in [5, 5.41) is 7.22. The molecule has 0 aliphatic carbocycles. The monoisotopic (exact) mass is 815 g/mol. The lowest BCUT2D eigenvalue weighted by Gasteiger charge is -2.29. The van der Waals surface area contributed by atoms with Gasteiger partial charge in [-0.3, -0.25) is 0 Å². The first-order valence-corrected chi connectivity index (χ1v) is 21.9. The van der Waals surface area contributed by atoms with Crippen LogP contribution in [0.1, 0.15) is 0 Å². The van der Waals surface area contributed by atoms with Crippen LogP contribution in [0.15, 0.2) is 253 Å². The highest BCUT2D eigenvalue weighted by atomic mass is 16.3. The summed E-state index contributed by atoms with van der Waals surface area (Å²) in [6.07, 6.45) is 0. The molecule has 300 valence electrons. The van der Waals surface area contributed by atoms with E-state index in [0.29, 0.717) is 0 Å². The summed E-state index contributed by atoms with van der Waals surface area (Å²) in [5.74, 6) is 0. The van der Waals surface area contributed by atoms with Gasteiger partial charge in [0.1, 0.15) is 11.2 Å². The van der Waals surface area contributed by atoms with Crippen LogP contribution in [0.4, 0.5) is 17.1 Å². The Bertz CT molecular complexity index is 3660. The van der Waals surface area contributed by atoms with E-state index in [2.05, 4.69) is 248 Å². The molecule has 0 amide bonds. The van der Waals surface area contributed by atoms with Crippen LogP contribution in [0.3, 0.4) is 0 Å². The summed E-state index contributed by atoms with van der Waals surface area (Å²) in [6, 6.07) is 89.7. The van der Waals surface area contributed by atoms with Crippen molar-refractivity contribution < 1.29 is 4.42 Å². The van der Waals surface area contributed by atoms with Gasteiger partial charge in [-0.15, -0.1) is 0 Å². The molecule has 0 radical (unpaired) electrons. The Labute approximate surface area is 372 Å². The third-order valence-electron chi connectivity index (χ3n) is 12.7. The number of benzene rings is 11. The molecule has 0 atom stereocenters. The summed E-state index contributed by atoms with van der Waals surface area (Å²) in [4.78, 5) is 2.41. The topological polar surface area (TPSA) is 16.4 Å². The zero-order valence-corrected chi connectivity index (χ0v) is 35.0. The fourth-order valence-corrected chi connectivity index (χ4v) is 9.69. The van der Waals surface area contributed by atoms with Crippen LogP contribution in [0.5, 0.6) is 0 Å². The Kier molecular flexibility index (Phi) is 9.20. The van der Waals surface area contributed by atoms with Crippen molar-refractivity contribution in [3.8, 4) is 55.6 Å². The summed E-state index contributed by atoms with van der Waals surface area (Å²) >= 11 is 0. The molecular weight excluding hydrogens is 775 g/mol. The van der Waals surface area contributed by atoms with E-state index in [1.807, 2.05) is 6.07 Å². The van der Waals surface area contributed by atoms with Crippen molar-refractivity contribution in [3.05, 3.63) is 249 Å². The maximum absolute atomic E-state index is 6.42. The average Bonchev–Trinajstić information content (AvgIpc) is 3.76. The summed E-state index contributed by atoms with van der Waals surface area (Å²) < 4.78 is 6.42. The van der Waals surface area contributed by atoms with Crippen molar-refractivity contribution in [1.29, 1.82) is 0 Å². The number of nitrogens with zero attached hydrogens (tertiary/aromatic N) is 1. The number of furan rings is 1. The molecule has 1 heterocycles. The SMILES string of the molecule is c1cc(-c2ccccc2-c2cccc3ccccc23)cc(N(c2ccc(-c3ccc(-c4cccc5ccccc45)cc3)cc2)c2ccccc2-c2cccc3oc4ccccc4c23)c1. The lowest BCUT2D eigenvalue weighted by Crippen LogP contribution is -2.11. The van der Waals surface area contributed by atoms with Gasteiger partial charge in [-0.25, -0.2) is 0 Å². The van der Waals surface area contributed by atoms with Crippen LogP contribution in [0.2, 0.25) is 0 Å². The van der Waals surface area contributed by atoms with Gasteiger partial charge >= 0.3 is 0 Å². The molecule has 2 nitrogen and oxygen atoms in total. The van der Waals surface area contributed by atoms with Crippen LogP contribution in [-0.2, 0) is 0 Å². The maximum atomic E-state index is 6.42. The van der Waals surface area contributed by atoms with Crippen molar-refractivity contribution in [2.45, 2.75) is 0 Å². The zero-order valence-electron chi connectivity index (χ0n) is 35.0. The Morgan fingerprint density at radius 2 is 0.766 bits per heavy atom. The quantitative estimate of drug-likeness (QED) is 0.152. The van der Waals surface area contributed by atoms with Gasteiger partial charge in [0.05, 0.1) is 5.69 Å². The smallest absolute Gasteiger partial charge is 0.136 e. The van der Waals surface area contributed by atoms with Crippen molar-refractivity contribution >= 4 is 60.5 Å². The number of para-hydroxylation sites is 2. The highest BCUT2D eigenvalue weighted by Gasteiger charge is 2.21. The fraction of sp³-hybridized carbons (Fsp3) is 0. The number of anilines is 3. The molecule has 12 aromatic rings. The largest absolute Gasteiger partial charge is 0.456 e. The minimum absolute atomic E-state index is 0.878. The third-order valence-corrected chi connectivity index (χ3v) is 12.7. The average molecular weight is 816 g/mol. The Hall–Kier alpha value is -8.46. The van der Waals surface area contributed by atoms with Crippen molar-refractivity contribution in [2.24, 2.45) is 0 Å². The Balaban J connectivity index is 0.996. The zero-order chi connectivity index (χ0) is 42.4. The number of hydrogen-bond acceptors (Lipinski definition) is 2. The molecule has 0 spiro atoms. The lowest BCUT2D eigenvalue weighted by atomic mass is 9.91. The number of fused-ring (bicyclic) bond motifs is 5. The molecule has 0 saturated heterocycles. The van der Waals surface area contributed by atoms with E-state index in [4.69, 9.17) is 4.42 Å². The molecule has 0 saturated carbocycles. The molecule has 2 heteroatoms. The first-order chi connectivity index (χ1) is 31.7.